The highest BCUT2D eigenvalue weighted by molar-refractivity contribution is 5.61. The van der Waals surface area contributed by atoms with Crippen LogP contribution in [0.15, 0.2) is 18.3 Å². The van der Waals surface area contributed by atoms with Crippen LogP contribution < -0.4 is 0 Å². The summed E-state index contributed by atoms with van der Waals surface area (Å²) >= 11 is 0. The van der Waals surface area contributed by atoms with Crippen LogP contribution >= 0.6 is 0 Å². The average Bonchev–Trinajstić information content (AvgIpc) is 2.43. The number of nitrogens with zero attached hydrogens (tertiary/aromatic N) is 1. The summed E-state index contributed by atoms with van der Waals surface area (Å²) in [6.45, 7) is -0.453. The van der Waals surface area contributed by atoms with Gasteiger partial charge in [0.05, 0.1) is 17.9 Å². The van der Waals surface area contributed by atoms with E-state index in [2.05, 4.69) is 4.98 Å². The Bertz CT molecular complexity index is 615. The molecule has 19 heavy (non-hydrogen) atoms. The molecular weight excluding hydrogens is 269 g/mol. The van der Waals surface area contributed by atoms with Crippen molar-refractivity contribution >= 4 is 0 Å². The first-order valence-electron chi connectivity index (χ1n) is 5.05. The lowest BCUT2D eigenvalue weighted by Gasteiger charge is -2.08. The van der Waals surface area contributed by atoms with Crippen LogP contribution in [0, 0.1) is 29.1 Å². The van der Waals surface area contributed by atoms with E-state index >= 15 is 0 Å². The predicted octanol–water partition coefficient (Wildman–Crippen LogP) is 2.94. The molecule has 1 aromatic carbocycles. The summed E-state index contributed by atoms with van der Waals surface area (Å²) in [7, 11) is 0. The third kappa shape index (κ3) is 2.17. The number of aromatic nitrogens is 1. The summed E-state index contributed by atoms with van der Waals surface area (Å²) in [6, 6.07) is 2.38. The van der Waals surface area contributed by atoms with Gasteiger partial charge in [-0.15, -0.1) is 0 Å². The van der Waals surface area contributed by atoms with Crippen LogP contribution in [0.2, 0.25) is 0 Å². The fourth-order valence-electron chi connectivity index (χ4n) is 1.54. The monoisotopic (exact) mass is 275 g/mol. The summed E-state index contributed by atoms with van der Waals surface area (Å²) in [5, 5.41) is 8.88. The molecular formula is C12H6F5NO. The van der Waals surface area contributed by atoms with Gasteiger partial charge in [0.15, 0.2) is 23.3 Å². The minimum Gasteiger partial charge on any atom is -0.392 e. The molecule has 0 spiro atoms. The molecule has 0 radical (unpaired) electrons. The first-order valence-corrected chi connectivity index (χ1v) is 5.05. The maximum Gasteiger partial charge on any atom is 0.200 e. The van der Waals surface area contributed by atoms with Crippen molar-refractivity contribution < 1.29 is 27.1 Å². The van der Waals surface area contributed by atoms with E-state index in [0.717, 1.165) is 12.3 Å². The normalized spacial score (nSPS) is 10.8. The molecule has 0 unspecified atom stereocenters. The molecule has 0 aliphatic carbocycles. The molecule has 1 aromatic heterocycles. The van der Waals surface area contributed by atoms with Crippen molar-refractivity contribution in [2.45, 2.75) is 6.61 Å². The van der Waals surface area contributed by atoms with Gasteiger partial charge >= 0.3 is 0 Å². The Kier molecular flexibility index (Phi) is 3.48. The minimum absolute atomic E-state index is 0.231. The predicted molar refractivity (Wildman–Crippen MR) is 55.4 cm³/mol. The third-order valence-corrected chi connectivity index (χ3v) is 2.47. The fourth-order valence-corrected chi connectivity index (χ4v) is 1.54. The van der Waals surface area contributed by atoms with E-state index in [-0.39, 0.29) is 5.56 Å². The van der Waals surface area contributed by atoms with E-state index in [9.17, 15) is 22.0 Å². The van der Waals surface area contributed by atoms with Crippen LogP contribution in [0.25, 0.3) is 11.3 Å². The minimum atomic E-state index is -2.22. The molecule has 2 aromatic rings. The Balaban J connectivity index is 2.75. The summed E-state index contributed by atoms with van der Waals surface area (Å²) < 4.78 is 65.9. The summed E-state index contributed by atoms with van der Waals surface area (Å²) in [5.74, 6) is -10.2. The topological polar surface area (TPSA) is 33.1 Å². The first kappa shape index (κ1) is 13.4. The number of hydrogen-bond donors (Lipinski definition) is 1. The van der Waals surface area contributed by atoms with Crippen molar-refractivity contribution in [2.75, 3.05) is 0 Å². The summed E-state index contributed by atoms with van der Waals surface area (Å²) in [6.07, 6.45) is 1.10. The van der Waals surface area contributed by atoms with Crippen molar-refractivity contribution in [3.63, 3.8) is 0 Å². The van der Waals surface area contributed by atoms with E-state index < -0.39 is 47.0 Å². The maximum atomic E-state index is 13.5. The Labute approximate surface area is 104 Å². The second-order valence-electron chi connectivity index (χ2n) is 3.65. The van der Waals surface area contributed by atoms with Crippen molar-refractivity contribution in [1.29, 1.82) is 0 Å². The van der Waals surface area contributed by atoms with Gasteiger partial charge in [0.2, 0.25) is 5.82 Å². The third-order valence-electron chi connectivity index (χ3n) is 2.47. The number of hydrogen-bond acceptors (Lipinski definition) is 2. The van der Waals surface area contributed by atoms with Gasteiger partial charge in [0.25, 0.3) is 0 Å². The molecule has 0 aliphatic rings. The highest BCUT2D eigenvalue weighted by Crippen LogP contribution is 2.30. The molecule has 7 heteroatoms. The van der Waals surface area contributed by atoms with Crippen LogP contribution in [0.5, 0.6) is 0 Å². The zero-order valence-corrected chi connectivity index (χ0v) is 9.22. The Hall–Kier alpha value is -2.02. The lowest BCUT2D eigenvalue weighted by atomic mass is 10.1. The molecule has 0 fully saturated rings. The molecule has 0 atom stereocenters. The largest absolute Gasteiger partial charge is 0.392 e. The molecule has 0 amide bonds. The number of aliphatic hydroxyl groups is 1. The molecule has 0 saturated heterocycles. The molecule has 2 rings (SSSR count). The summed E-state index contributed by atoms with van der Waals surface area (Å²) in [5.41, 5.74) is -1.33. The quantitative estimate of drug-likeness (QED) is 0.519. The van der Waals surface area contributed by atoms with Crippen LogP contribution in [-0.4, -0.2) is 10.1 Å². The molecule has 0 saturated carbocycles. The van der Waals surface area contributed by atoms with Gasteiger partial charge in [-0.25, -0.2) is 22.0 Å². The summed E-state index contributed by atoms with van der Waals surface area (Å²) in [4.78, 5) is 3.54. The Morgan fingerprint density at radius 1 is 0.895 bits per heavy atom. The molecule has 1 heterocycles. The zero-order chi connectivity index (χ0) is 14.2. The van der Waals surface area contributed by atoms with E-state index in [1.54, 1.807) is 0 Å². The fraction of sp³-hybridized carbons (Fsp3) is 0.0833. The van der Waals surface area contributed by atoms with Gasteiger partial charge in [-0.05, 0) is 17.7 Å². The van der Waals surface area contributed by atoms with Crippen LogP contribution in [0.4, 0.5) is 22.0 Å². The number of aliphatic hydroxyl groups excluding tert-OH is 1. The van der Waals surface area contributed by atoms with Crippen molar-refractivity contribution in [1.82, 2.24) is 4.98 Å². The van der Waals surface area contributed by atoms with E-state index in [1.807, 2.05) is 0 Å². The molecule has 0 bridgehead atoms. The maximum absolute atomic E-state index is 13.5. The van der Waals surface area contributed by atoms with Crippen molar-refractivity contribution in [2.24, 2.45) is 0 Å². The smallest absolute Gasteiger partial charge is 0.200 e. The first-order chi connectivity index (χ1) is 8.97. The van der Waals surface area contributed by atoms with E-state index in [0.29, 0.717) is 0 Å². The highest BCUT2D eigenvalue weighted by Gasteiger charge is 2.27. The highest BCUT2D eigenvalue weighted by atomic mass is 19.2. The molecule has 0 aliphatic heterocycles. The van der Waals surface area contributed by atoms with Gasteiger partial charge in [-0.3, -0.25) is 4.98 Å². The van der Waals surface area contributed by atoms with E-state index in [1.165, 1.54) is 6.07 Å². The van der Waals surface area contributed by atoms with Gasteiger partial charge in [-0.1, -0.05) is 0 Å². The van der Waals surface area contributed by atoms with Crippen molar-refractivity contribution in [3.05, 3.63) is 53.0 Å². The number of rotatable bonds is 2. The van der Waals surface area contributed by atoms with Crippen LogP contribution in [0.1, 0.15) is 5.56 Å². The number of halogens is 5. The second-order valence-corrected chi connectivity index (χ2v) is 3.65. The molecule has 100 valence electrons. The van der Waals surface area contributed by atoms with Gasteiger partial charge in [0, 0.05) is 6.20 Å². The Morgan fingerprint density at radius 3 is 1.95 bits per heavy atom. The van der Waals surface area contributed by atoms with Gasteiger partial charge in [0.1, 0.15) is 0 Å². The van der Waals surface area contributed by atoms with Crippen molar-refractivity contribution in [3.8, 4) is 11.3 Å². The SMILES string of the molecule is OCc1ccnc(-c2c(F)c(F)c(F)c(F)c2F)c1. The molecule has 1 N–H and O–H groups in total. The number of pyridine rings is 1. The lowest BCUT2D eigenvalue weighted by Crippen LogP contribution is -2.05. The van der Waals surface area contributed by atoms with E-state index in [4.69, 9.17) is 5.11 Å². The lowest BCUT2D eigenvalue weighted by molar-refractivity contribution is 0.282. The van der Waals surface area contributed by atoms with Crippen LogP contribution in [-0.2, 0) is 6.61 Å². The van der Waals surface area contributed by atoms with Gasteiger partial charge < -0.3 is 5.11 Å². The molecule has 2 nitrogen and oxygen atoms in total. The van der Waals surface area contributed by atoms with Crippen LogP contribution in [0.3, 0.4) is 0 Å². The average molecular weight is 275 g/mol. The second kappa shape index (κ2) is 4.93. The van der Waals surface area contributed by atoms with Gasteiger partial charge in [-0.2, -0.15) is 0 Å². The number of benzene rings is 1. The Morgan fingerprint density at radius 2 is 1.42 bits per heavy atom. The zero-order valence-electron chi connectivity index (χ0n) is 9.22. The standard InChI is InChI=1S/C12H6F5NO/c13-8-7(6-3-5(4-19)1-2-18-6)9(14)11(16)12(17)10(8)15/h1-3,19H,4H2.